The first-order valence-electron chi connectivity index (χ1n) is 5.51. The maximum Gasteiger partial charge on any atom is 0.0657 e. The summed E-state index contributed by atoms with van der Waals surface area (Å²) < 4.78 is 0.956. The second-order valence-corrected chi connectivity index (χ2v) is 5.79. The van der Waals surface area contributed by atoms with Crippen LogP contribution in [0.5, 0.6) is 0 Å². The lowest BCUT2D eigenvalue weighted by molar-refractivity contribution is 0.605. The number of nitrogens with two attached hydrogens (primary N) is 2. The van der Waals surface area contributed by atoms with Crippen LogP contribution in [0.3, 0.4) is 0 Å². The van der Waals surface area contributed by atoms with Crippen LogP contribution in [-0.4, -0.2) is 0 Å². The van der Waals surface area contributed by atoms with Crippen molar-refractivity contribution in [1.82, 2.24) is 0 Å². The van der Waals surface area contributed by atoms with E-state index in [1.165, 1.54) is 0 Å². The van der Waals surface area contributed by atoms with Crippen LogP contribution in [0.15, 0.2) is 46.9 Å². The number of nitrogen functional groups attached to an aromatic ring is 1. The van der Waals surface area contributed by atoms with Gasteiger partial charge in [0, 0.05) is 20.7 Å². The molecule has 0 amide bonds. The molecule has 0 bridgehead atoms. The van der Waals surface area contributed by atoms with Crippen LogP contribution in [-0.2, 0) is 5.54 Å². The normalized spacial score (nSPS) is 14.2. The minimum Gasteiger partial charge on any atom is -0.398 e. The van der Waals surface area contributed by atoms with E-state index in [0.29, 0.717) is 10.7 Å². The Balaban J connectivity index is 2.53. The summed E-state index contributed by atoms with van der Waals surface area (Å²) in [5, 5.41) is 0.691. The van der Waals surface area contributed by atoms with Gasteiger partial charge in [0.05, 0.1) is 5.54 Å². The lowest BCUT2D eigenvalue weighted by Gasteiger charge is -2.27. The Bertz CT molecular complexity index is 565. The molecule has 18 heavy (non-hydrogen) atoms. The molecule has 0 aliphatic heterocycles. The Morgan fingerprint density at radius 3 is 2.33 bits per heavy atom. The number of anilines is 1. The third kappa shape index (κ3) is 2.53. The highest BCUT2D eigenvalue weighted by Crippen LogP contribution is 2.33. The van der Waals surface area contributed by atoms with E-state index in [2.05, 4.69) is 15.9 Å². The summed E-state index contributed by atoms with van der Waals surface area (Å²) in [6, 6.07) is 13.2. The van der Waals surface area contributed by atoms with E-state index in [0.717, 1.165) is 15.6 Å². The minimum atomic E-state index is -0.654. The molecule has 2 aromatic carbocycles. The van der Waals surface area contributed by atoms with Crippen LogP contribution >= 0.6 is 27.5 Å². The van der Waals surface area contributed by atoms with Crippen molar-refractivity contribution < 1.29 is 0 Å². The lowest BCUT2D eigenvalue weighted by atomic mass is 9.85. The Hall–Kier alpha value is -1.03. The van der Waals surface area contributed by atoms with Crippen molar-refractivity contribution >= 4 is 33.2 Å². The molecule has 0 radical (unpaired) electrons. The molecule has 1 unspecified atom stereocenters. The average Bonchev–Trinajstić information content (AvgIpc) is 2.32. The van der Waals surface area contributed by atoms with Crippen molar-refractivity contribution in [2.24, 2.45) is 5.73 Å². The number of hydrogen-bond donors (Lipinski definition) is 2. The zero-order chi connectivity index (χ0) is 13.3. The summed E-state index contributed by atoms with van der Waals surface area (Å²) in [5.74, 6) is 0. The monoisotopic (exact) mass is 324 g/mol. The molecule has 1 atom stereocenters. The van der Waals surface area contributed by atoms with E-state index in [1.54, 1.807) is 0 Å². The molecule has 2 rings (SSSR count). The van der Waals surface area contributed by atoms with Crippen LogP contribution < -0.4 is 11.5 Å². The zero-order valence-electron chi connectivity index (χ0n) is 9.95. The van der Waals surface area contributed by atoms with E-state index in [1.807, 2.05) is 49.4 Å². The Labute approximate surface area is 120 Å². The van der Waals surface area contributed by atoms with E-state index in [4.69, 9.17) is 23.1 Å². The van der Waals surface area contributed by atoms with Gasteiger partial charge in [-0.2, -0.15) is 0 Å². The molecule has 0 spiro atoms. The molecular formula is C14H14BrClN2. The zero-order valence-corrected chi connectivity index (χ0v) is 12.3. The van der Waals surface area contributed by atoms with Gasteiger partial charge in [-0.1, -0.05) is 39.7 Å². The largest absolute Gasteiger partial charge is 0.398 e. The molecule has 0 saturated carbocycles. The van der Waals surface area contributed by atoms with Gasteiger partial charge in [0.25, 0.3) is 0 Å². The van der Waals surface area contributed by atoms with Crippen LogP contribution in [0.4, 0.5) is 5.69 Å². The molecule has 0 aliphatic rings. The first-order chi connectivity index (χ1) is 8.41. The van der Waals surface area contributed by atoms with Crippen molar-refractivity contribution in [2.45, 2.75) is 12.5 Å². The highest BCUT2D eigenvalue weighted by Gasteiger charge is 2.26. The molecule has 0 fully saturated rings. The summed E-state index contributed by atoms with van der Waals surface area (Å²) in [6.45, 7) is 1.94. The number of halogens is 2. The van der Waals surface area contributed by atoms with Crippen molar-refractivity contribution in [3.63, 3.8) is 0 Å². The van der Waals surface area contributed by atoms with Crippen LogP contribution in [0, 0.1) is 0 Å². The van der Waals surface area contributed by atoms with Gasteiger partial charge in [0.2, 0.25) is 0 Å². The summed E-state index contributed by atoms with van der Waals surface area (Å²) >= 11 is 9.33. The second kappa shape index (κ2) is 4.92. The average molecular weight is 326 g/mol. The molecule has 0 aliphatic carbocycles. The standard InChI is InChI=1S/C14H14BrClN2/c1-14(18,9-2-5-11(16)6-3-9)12-8-10(15)4-7-13(12)17/h2-8H,17-18H2,1H3. The summed E-state index contributed by atoms with van der Waals surface area (Å²) in [5.41, 5.74) is 14.3. The Kier molecular flexibility index (Phi) is 3.66. The van der Waals surface area contributed by atoms with Crippen molar-refractivity contribution in [3.8, 4) is 0 Å². The summed E-state index contributed by atoms with van der Waals surface area (Å²) in [6.07, 6.45) is 0. The number of hydrogen-bond acceptors (Lipinski definition) is 2. The molecule has 0 saturated heterocycles. The topological polar surface area (TPSA) is 52.0 Å². The fourth-order valence-electron chi connectivity index (χ4n) is 1.93. The fraction of sp³-hybridized carbons (Fsp3) is 0.143. The molecule has 2 aromatic rings. The molecule has 0 aromatic heterocycles. The smallest absolute Gasteiger partial charge is 0.0657 e. The fourth-order valence-corrected chi connectivity index (χ4v) is 2.42. The quantitative estimate of drug-likeness (QED) is 0.823. The maximum absolute atomic E-state index is 6.44. The molecule has 94 valence electrons. The van der Waals surface area contributed by atoms with E-state index >= 15 is 0 Å². The van der Waals surface area contributed by atoms with E-state index < -0.39 is 5.54 Å². The first-order valence-corrected chi connectivity index (χ1v) is 6.69. The predicted molar refractivity (Wildman–Crippen MR) is 80.6 cm³/mol. The molecule has 2 nitrogen and oxygen atoms in total. The van der Waals surface area contributed by atoms with Gasteiger partial charge < -0.3 is 11.5 Å². The molecule has 4 N–H and O–H groups in total. The highest BCUT2D eigenvalue weighted by atomic mass is 79.9. The highest BCUT2D eigenvalue weighted by molar-refractivity contribution is 9.10. The molecule has 0 heterocycles. The Morgan fingerprint density at radius 2 is 1.72 bits per heavy atom. The van der Waals surface area contributed by atoms with Gasteiger partial charge in [0.15, 0.2) is 0 Å². The first kappa shape index (κ1) is 13.4. The van der Waals surface area contributed by atoms with Gasteiger partial charge in [-0.3, -0.25) is 0 Å². The van der Waals surface area contributed by atoms with Gasteiger partial charge in [-0.25, -0.2) is 0 Å². The third-order valence-corrected chi connectivity index (χ3v) is 3.76. The molecular weight excluding hydrogens is 312 g/mol. The van der Waals surface area contributed by atoms with Crippen LogP contribution in [0.2, 0.25) is 5.02 Å². The van der Waals surface area contributed by atoms with Crippen molar-refractivity contribution in [1.29, 1.82) is 0 Å². The van der Waals surface area contributed by atoms with Gasteiger partial charge >= 0.3 is 0 Å². The van der Waals surface area contributed by atoms with Crippen LogP contribution in [0.1, 0.15) is 18.1 Å². The van der Waals surface area contributed by atoms with Gasteiger partial charge in [0.1, 0.15) is 0 Å². The van der Waals surface area contributed by atoms with Gasteiger partial charge in [-0.15, -0.1) is 0 Å². The second-order valence-electron chi connectivity index (χ2n) is 4.44. The number of rotatable bonds is 2. The minimum absolute atomic E-state index is 0.654. The lowest BCUT2D eigenvalue weighted by Crippen LogP contribution is -2.35. The maximum atomic E-state index is 6.44. The molecule has 4 heteroatoms. The Morgan fingerprint density at radius 1 is 1.11 bits per heavy atom. The summed E-state index contributed by atoms with van der Waals surface area (Å²) in [4.78, 5) is 0. The predicted octanol–water partition coefficient (Wildman–Crippen LogP) is 3.91. The summed E-state index contributed by atoms with van der Waals surface area (Å²) in [7, 11) is 0. The van der Waals surface area contributed by atoms with E-state index in [-0.39, 0.29) is 0 Å². The van der Waals surface area contributed by atoms with Crippen molar-refractivity contribution in [2.75, 3.05) is 5.73 Å². The third-order valence-electron chi connectivity index (χ3n) is 3.02. The number of benzene rings is 2. The van der Waals surface area contributed by atoms with E-state index in [9.17, 15) is 0 Å². The SMILES string of the molecule is CC(N)(c1ccc(Cl)cc1)c1cc(Br)ccc1N. The van der Waals surface area contributed by atoms with Gasteiger partial charge in [-0.05, 0) is 42.8 Å². The van der Waals surface area contributed by atoms with Crippen molar-refractivity contribution in [3.05, 3.63) is 63.1 Å². The van der Waals surface area contributed by atoms with Crippen LogP contribution in [0.25, 0.3) is 0 Å².